The predicted octanol–water partition coefficient (Wildman–Crippen LogP) is 3.44. The van der Waals surface area contributed by atoms with Crippen LogP contribution in [-0.2, 0) is 23.1 Å². The first-order valence-electron chi connectivity index (χ1n) is 8.08. The molecule has 1 N–H and O–H groups in total. The first-order chi connectivity index (χ1) is 11.7. The van der Waals surface area contributed by atoms with Gasteiger partial charge in [-0.3, -0.25) is 4.79 Å². The van der Waals surface area contributed by atoms with Gasteiger partial charge in [0, 0.05) is 19.0 Å². The lowest BCUT2D eigenvalue weighted by atomic mass is 9.85. The van der Waals surface area contributed by atoms with Gasteiger partial charge in [0.05, 0.1) is 7.11 Å². The van der Waals surface area contributed by atoms with Gasteiger partial charge in [0.1, 0.15) is 17.2 Å². The van der Waals surface area contributed by atoms with E-state index in [0.29, 0.717) is 5.56 Å². The van der Waals surface area contributed by atoms with Gasteiger partial charge in [0.15, 0.2) is 0 Å². The number of carbonyl (C=O) groups excluding carboxylic acids is 1. The van der Waals surface area contributed by atoms with Crippen LogP contribution in [0.3, 0.4) is 0 Å². The minimum Gasteiger partial charge on any atom is -0.496 e. The Balaban J connectivity index is 2.13. The molecule has 0 aliphatic carbocycles. The molecule has 5 nitrogen and oxygen atoms in total. The van der Waals surface area contributed by atoms with Gasteiger partial charge in [-0.25, -0.2) is 9.78 Å². The second kappa shape index (κ2) is 7.47. The third-order valence-electron chi connectivity index (χ3n) is 3.92. The monoisotopic (exact) mass is 341 g/mol. The van der Waals surface area contributed by atoms with Crippen LogP contribution in [-0.4, -0.2) is 29.0 Å². The van der Waals surface area contributed by atoms with Gasteiger partial charge in [-0.05, 0) is 40.3 Å². The van der Waals surface area contributed by atoms with E-state index in [-0.39, 0.29) is 29.7 Å². The lowest BCUT2D eigenvalue weighted by molar-refractivity contribution is -0.117. The second-order valence-corrected chi connectivity index (χ2v) is 7.03. The molecule has 0 saturated carbocycles. The van der Waals surface area contributed by atoms with E-state index in [1.165, 1.54) is 12.3 Å². The Kier molecular flexibility index (Phi) is 5.57. The molecule has 0 fully saturated rings. The molecule has 1 heterocycles. The first-order valence-corrected chi connectivity index (χ1v) is 8.08. The van der Waals surface area contributed by atoms with Gasteiger partial charge in [-0.1, -0.05) is 32.9 Å². The molecule has 0 aliphatic heterocycles. The molecule has 0 unspecified atom stereocenters. The van der Waals surface area contributed by atoms with Gasteiger partial charge in [0.2, 0.25) is 0 Å². The summed E-state index contributed by atoms with van der Waals surface area (Å²) in [6.07, 6.45) is 1.85. The minimum atomic E-state index is -1.10. The van der Waals surface area contributed by atoms with E-state index in [1.54, 1.807) is 13.2 Å². The predicted molar refractivity (Wildman–Crippen MR) is 95.3 cm³/mol. The third-order valence-corrected chi connectivity index (χ3v) is 3.92. The van der Waals surface area contributed by atoms with Crippen LogP contribution in [0, 0.1) is 0 Å². The fourth-order valence-electron chi connectivity index (χ4n) is 2.68. The molecule has 0 spiro atoms. The maximum atomic E-state index is 12.3. The normalized spacial score (nSPS) is 11.2. The highest BCUT2D eigenvalue weighted by atomic mass is 16.5. The number of methoxy groups -OCH3 is 1. The van der Waals surface area contributed by atoms with Crippen molar-refractivity contribution in [2.24, 2.45) is 0 Å². The fourth-order valence-corrected chi connectivity index (χ4v) is 2.68. The van der Waals surface area contributed by atoms with E-state index < -0.39 is 5.97 Å². The molecule has 0 aliphatic rings. The average Bonchev–Trinajstić information content (AvgIpc) is 2.53. The fraction of sp³-hybridized carbons (Fsp3) is 0.350. The SMILES string of the molecule is COc1cc(CC(=O)Cc2ccnc(C(=O)O)c2)ccc1C(C)(C)C. The number of aromatic nitrogens is 1. The molecule has 0 atom stereocenters. The number of ketones is 1. The number of carboxylic acid groups (broad SMARTS) is 1. The van der Waals surface area contributed by atoms with Crippen molar-refractivity contribution in [2.45, 2.75) is 39.0 Å². The maximum absolute atomic E-state index is 12.3. The van der Waals surface area contributed by atoms with Gasteiger partial charge in [-0.2, -0.15) is 0 Å². The minimum absolute atomic E-state index is 0.00750. The van der Waals surface area contributed by atoms with E-state index in [1.807, 2.05) is 18.2 Å². The number of pyridine rings is 1. The smallest absolute Gasteiger partial charge is 0.354 e. The molecule has 2 aromatic rings. The number of hydrogen-bond donors (Lipinski definition) is 1. The lowest BCUT2D eigenvalue weighted by Crippen LogP contribution is -2.14. The highest BCUT2D eigenvalue weighted by molar-refractivity contribution is 5.87. The van der Waals surface area contributed by atoms with Gasteiger partial charge < -0.3 is 9.84 Å². The van der Waals surface area contributed by atoms with E-state index in [4.69, 9.17) is 9.84 Å². The lowest BCUT2D eigenvalue weighted by Gasteiger charge is -2.22. The molecule has 0 radical (unpaired) electrons. The Hall–Kier alpha value is -2.69. The molecule has 1 aromatic carbocycles. The number of hydrogen-bond acceptors (Lipinski definition) is 4. The van der Waals surface area contributed by atoms with E-state index in [9.17, 15) is 9.59 Å². The summed E-state index contributed by atoms with van der Waals surface area (Å²) in [5, 5.41) is 8.97. The van der Waals surface area contributed by atoms with Crippen LogP contribution >= 0.6 is 0 Å². The molecule has 0 bridgehead atoms. The molecule has 0 amide bonds. The van der Waals surface area contributed by atoms with Gasteiger partial charge in [0.25, 0.3) is 0 Å². The Labute approximate surface area is 147 Å². The third kappa shape index (κ3) is 4.89. The summed E-state index contributed by atoms with van der Waals surface area (Å²) >= 11 is 0. The summed E-state index contributed by atoms with van der Waals surface area (Å²) in [6, 6.07) is 8.93. The van der Waals surface area contributed by atoms with Crippen molar-refractivity contribution >= 4 is 11.8 Å². The van der Waals surface area contributed by atoms with E-state index in [0.717, 1.165) is 16.9 Å². The summed E-state index contributed by atoms with van der Waals surface area (Å²) < 4.78 is 5.47. The standard InChI is InChI=1S/C20H23NO4/c1-20(2,3)16-6-5-13(12-18(16)25-4)9-15(22)10-14-7-8-21-17(11-14)19(23)24/h5-8,11-12H,9-10H2,1-4H3,(H,23,24). The molecule has 2 rings (SSSR count). The number of carboxylic acids is 1. The summed E-state index contributed by atoms with van der Waals surface area (Å²) in [7, 11) is 1.63. The summed E-state index contributed by atoms with van der Waals surface area (Å²) in [4.78, 5) is 27.0. The molecule has 132 valence electrons. The van der Waals surface area contributed by atoms with Crippen molar-refractivity contribution in [2.75, 3.05) is 7.11 Å². The van der Waals surface area contributed by atoms with Crippen molar-refractivity contribution in [3.05, 3.63) is 58.9 Å². The average molecular weight is 341 g/mol. The van der Waals surface area contributed by atoms with Crippen LogP contribution < -0.4 is 4.74 Å². The van der Waals surface area contributed by atoms with E-state index >= 15 is 0 Å². The second-order valence-electron chi connectivity index (χ2n) is 7.03. The Morgan fingerprint density at radius 1 is 1.08 bits per heavy atom. The van der Waals surface area contributed by atoms with Gasteiger partial charge in [-0.15, -0.1) is 0 Å². The first kappa shape index (κ1) is 18.6. The number of benzene rings is 1. The summed E-state index contributed by atoms with van der Waals surface area (Å²) in [6.45, 7) is 6.33. The molecular formula is C20H23NO4. The van der Waals surface area contributed by atoms with Crippen LogP contribution in [0.4, 0.5) is 0 Å². The number of Topliss-reactive ketones (excluding diaryl/α,β-unsaturated/α-hetero) is 1. The highest BCUT2D eigenvalue weighted by Gasteiger charge is 2.19. The number of nitrogens with zero attached hydrogens (tertiary/aromatic N) is 1. The van der Waals surface area contributed by atoms with Crippen molar-refractivity contribution in [1.82, 2.24) is 4.98 Å². The highest BCUT2D eigenvalue weighted by Crippen LogP contribution is 2.32. The van der Waals surface area contributed by atoms with Crippen molar-refractivity contribution in [1.29, 1.82) is 0 Å². The van der Waals surface area contributed by atoms with Crippen molar-refractivity contribution < 1.29 is 19.4 Å². The Bertz CT molecular complexity index is 791. The van der Waals surface area contributed by atoms with Crippen LogP contribution in [0.15, 0.2) is 36.5 Å². The van der Waals surface area contributed by atoms with Crippen LogP contribution in [0.5, 0.6) is 5.75 Å². The zero-order valence-electron chi connectivity index (χ0n) is 15.0. The largest absolute Gasteiger partial charge is 0.496 e. The van der Waals surface area contributed by atoms with E-state index in [2.05, 4.69) is 25.8 Å². The van der Waals surface area contributed by atoms with Crippen LogP contribution in [0.25, 0.3) is 0 Å². The number of carbonyl (C=O) groups is 2. The Morgan fingerprint density at radius 3 is 2.28 bits per heavy atom. The molecule has 1 aromatic heterocycles. The topological polar surface area (TPSA) is 76.5 Å². The van der Waals surface area contributed by atoms with Crippen LogP contribution in [0.2, 0.25) is 0 Å². The number of ether oxygens (including phenoxy) is 1. The zero-order chi connectivity index (χ0) is 18.6. The van der Waals surface area contributed by atoms with Crippen molar-refractivity contribution in [3.8, 4) is 5.75 Å². The number of aromatic carboxylic acids is 1. The molecule has 25 heavy (non-hydrogen) atoms. The zero-order valence-corrected chi connectivity index (χ0v) is 15.0. The quantitative estimate of drug-likeness (QED) is 0.871. The Morgan fingerprint density at radius 2 is 1.72 bits per heavy atom. The summed E-state index contributed by atoms with van der Waals surface area (Å²) in [5.41, 5.74) is 2.52. The van der Waals surface area contributed by atoms with Gasteiger partial charge >= 0.3 is 5.97 Å². The van der Waals surface area contributed by atoms with Crippen molar-refractivity contribution in [3.63, 3.8) is 0 Å². The molecule has 5 heteroatoms. The maximum Gasteiger partial charge on any atom is 0.354 e. The van der Waals surface area contributed by atoms with Crippen LogP contribution in [0.1, 0.15) is 48.0 Å². The number of rotatable bonds is 6. The molecular weight excluding hydrogens is 318 g/mol. The summed E-state index contributed by atoms with van der Waals surface area (Å²) in [5.74, 6) is -0.320. The molecule has 0 saturated heterocycles.